The smallest absolute Gasteiger partial charge is 0.317 e. The van der Waals surface area contributed by atoms with Crippen LogP contribution in [0, 0.1) is 0 Å². The number of anilines is 1. The summed E-state index contributed by atoms with van der Waals surface area (Å²) in [6.45, 7) is 2.97. The van der Waals surface area contributed by atoms with E-state index in [0.29, 0.717) is 29.2 Å². The fourth-order valence-corrected chi connectivity index (χ4v) is 3.79. The lowest BCUT2D eigenvalue weighted by Crippen LogP contribution is -2.53. The van der Waals surface area contributed by atoms with Crippen LogP contribution in [-0.4, -0.2) is 43.2 Å². The van der Waals surface area contributed by atoms with Gasteiger partial charge in [0.2, 0.25) is 0 Å². The van der Waals surface area contributed by atoms with Crippen molar-refractivity contribution in [3.05, 3.63) is 28.2 Å². The van der Waals surface area contributed by atoms with Gasteiger partial charge in [-0.15, -0.1) is 0 Å². The molecular weight excluding hydrogens is 333 g/mol. The molecule has 0 unspecified atom stereocenters. The Morgan fingerprint density at radius 2 is 1.74 bits per heavy atom. The number of carbonyl (C=O) groups is 1. The molecule has 2 aliphatic rings. The van der Waals surface area contributed by atoms with Crippen molar-refractivity contribution in [3.8, 4) is 0 Å². The third-order valence-electron chi connectivity index (χ3n) is 4.75. The van der Waals surface area contributed by atoms with Gasteiger partial charge in [-0.2, -0.15) is 0 Å². The highest BCUT2D eigenvalue weighted by atomic mass is 35.5. The molecule has 0 bridgehead atoms. The molecule has 0 spiro atoms. The molecule has 1 saturated heterocycles. The van der Waals surface area contributed by atoms with E-state index in [1.165, 1.54) is 19.3 Å². The van der Waals surface area contributed by atoms with Crippen molar-refractivity contribution in [1.29, 1.82) is 0 Å². The number of amides is 2. The summed E-state index contributed by atoms with van der Waals surface area (Å²) < 4.78 is 0. The number of nitrogens with one attached hydrogen (secondary N) is 1. The summed E-state index contributed by atoms with van der Waals surface area (Å²) in [5.41, 5.74) is 0.950. The van der Waals surface area contributed by atoms with Crippen molar-refractivity contribution in [2.75, 3.05) is 31.1 Å². The van der Waals surface area contributed by atoms with Gasteiger partial charge >= 0.3 is 6.03 Å². The van der Waals surface area contributed by atoms with E-state index < -0.39 is 0 Å². The molecule has 1 aliphatic heterocycles. The van der Waals surface area contributed by atoms with Crippen LogP contribution in [0.25, 0.3) is 0 Å². The molecular formula is C17H23Cl2N3O. The van der Waals surface area contributed by atoms with Crippen molar-refractivity contribution in [3.63, 3.8) is 0 Å². The van der Waals surface area contributed by atoms with Crippen molar-refractivity contribution in [2.45, 2.75) is 38.1 Å². The van der Waals surface area contributed by atoms with Gasteiger partial charge in [-0.25, -0.2) is 4.79 Å². The fourth-order valence-electron chi connectivity index (χ4n) is 3.39. The first-order chi connectivity index (χ1) is 11.1. The van der Waals surface area contributed by atoms with Crippen LogP contribution in [0.3, 0.4) is 0 Å². The SMILES string of the molecule is O=C(NC1CCCCC1)N1CCN(c2cc(Cl)ccc2Cl)CC1. The van der Waals surface area contributed by atoms with Crippen LogP contribution in [0.4, 0.5) is 10.5 Å². The molecule has 4 nitrogen and oxygen atoms in total. The quantitative estimate of drug-likeness (QED) is 0.864. The maximum atomic E-state index is 12.4. The first kappa shape index (κ1) is 16.7. The predicted molar refractivity (Wildman–Crippen MR) is 95.7 cm³/mol. The monoisotopic (exact) mass is 355 g/mol. The minimum absolute atomic E-state index is 0.0775. The second-order valence-electron chi connectivity index (χ2n) is 6.35. The lowest BCUT2D eigenvalue weighted by Gasteiger charge is -2.37. The highest BCUT2D eigenvalue weighted by Gasteiger charge is 2.24. The molecule has 1 aliphatic carbocycles. The van der Waals surface area contributed by atoms with Gasteiger partial charge in [0.05, 0.1) is 10.7 Å². The second kappa shape index (κ2) is 7.63. The Morgan fingerprint density at radius 1 is 1.04 bits per heavy atom. The molecule has 0 radical (unpaired) electrons. The molecule has 1 N–H and O–H groups in total. The summed E-state index contributed by atoms with van der Waals surface area (Å²) in [5, 5.41) is 4.57. The van der Waals surface area contributed by atoms with Gasteiger partial charge in [-0.1, -0.05) is 42.5 Å². The van der Waals surface area contributed by atoms with E-state index in [-0.39, 0.29) is 6.03 Å². The van der Waals surface area contributed by atoms with Crippen molar-refractivity contribution >= 4 is 34.9 Å². The van der Waals surface area contributed by atoms with E-state index >= 15 is 0 Å². The Bertz CT molecular complexity index is 553. The van der Waals surface area contributed by atoms with Gasteiger partial charge in [0, 0.05) is 37.2 Å². The van der Waals surface area contributed by atoms with E-state index in [9.17, 15) is 4.79 Å². The summed E-state index contributed by atoms with van der Waals surface area (Å²) in [5.74, 6) is 0. The molecule has 1 aromatic carbocycles. The second-order valence-corrected chi connectivity index (χ2v) is 7.20. The van der Waals surface area contributed by atoms with Crippen LogP contribution < -0.4 is 10.2 Å². The molecule has 3 rings (SSSR count). The number of carbonyl (C=O) groups excluding carboxylic acids is 1. The summed E-state index contributed by atoms with van der Waals surface area (Å²) in [6.07, 6.45) is 5.98. The van der Waals surface area contributed by atoms with E-state index in [4.69, 9.17) is 23.2 Å². The predicted octanol–water partition coefficient (Wildman–Crippen LogP) is 4.16. The van der Waals surface area contributed by atoms with Crippen LogP contribution >= 0.6 is 23.2 Å². The Labute approximate surface area is 147 Å². The highest BCUT2D eigenvalue weighted by Crippen LogP contribution is 2.29. The summed E-state index contributed by atoms with van der Waals surface area (Å²) in [4.78, 5) is 16.5. The van der Waals surface area contributed by atoms with E-state index in [1.807, 2.05) is 17.0 Å². The van der Waals surface area contributed by atoms with Gasteiger partial charge in [-0.3, -0.25) is 0 Å². The lowest BCUT2D eigenvalue weighted by atomic mass is 9.96. The molecule has 1 saturated carbocycles. The Kier molecular flexibility index (Phi) is 5.54. The van der Waals surface area contributed by atoms with Crippen LogP contribution in [0.1, 0.15) is 32.1 Å². The number of halogens is 2. The number of benzene rings is 1. The summed E-state index contributed by atoms with van der Waals surface area (Å²) >= 11 is 12.3. The lowest BCUT2D eigenvalue weighted by molar-refractivity contribution is 0.186. The minimum atomic E-state index is 0.0775. The largest absolute Gasteiger partial charge is 0.367 e. The third-order valence-corrected chi connectivity index (χ3v) is 5.30. The minimum Gasteiger partial charge on any atom is -0.367 e. The number of hydrogen-bond acceptors (Lipinski definition) is 2. The van der Waals surface area contributed by atoms with Crippen LogP contribution in [-0.2, 0) is 0 Å². The van der Waals surface area contributed by atoms with Crippen molar-refractivity contribution in [1.82, 2.24) is 10.2 Å². The molecule has 2 fully saturated rings. The third kappa shape index (κ3) is 4.24. The number of nitrogens with zero attached hydrogens (tertiary/aromatic N) is 2. The molecule has 1 aromatic rings. The van der Waals surface area contributed by atoms with Crippen molar-refractivity contribution < 1.29 is 4.79 Å². The summed E-state index contributed by atoms with van der Waals surface area (Å²) in [7, 11) is 0. The zero-order chi connectivity index (χ0) is 16.2. The maximum Gasteiger partial charge on any atom is 0.317 e. The van der Waals surface area contributed by atoms with E-state index in [1.54, 1.807) is 6.07 Å². The van der Waals surface area contributed by atoms with E-state index in [0.717, 1.165) is 31.6 Å². The van der Waals surface area contributed by atoms with E-state index in [2.05, 4.69) is 10.2 Å². The highest BCUT2D eigenvalue weighted by molar-refractivity contribution is 6.35. The number of hydrogen-bond donors (Lipinski definition) is 1. The molecule has 2 amide bonds. The standard InChI is InChI=1S/C17H23Cl2N3O/c18-13-6-7-15(19)16(12-13)21-8-10-22(11-9-21)17(23)20-14-4-2-1-3-5-14/h6-7,12,14H,1-5,8-11H2,(H,20,23). The van der Waals surface area contributed by atoms with Crippen LogP contribution in [0.5, 0.6) is 0 Å². The number of rotatable bonds is 2. The Hall–Kier alpha value is -1.13. The molecule has 1 heterocycles. The molecule has 126 valence electrons. The molecule has 0 atom stereocenters. The first-order valence-corrected chi connectivity index (χ1v) is 9.14. The zero-order valence-corrected chi connectivity index (χ0v) is 14.7. The van der Waals surface area contributed by atoms with Crippen LogP contribution in [0.15, 0.2) is 18.2 Å². The maximum absolute atomic E-state index is 12.4. The Balaban J connectivity index is 1.53. The van der Waals surface area contributed by atoms with Gasteiger partial charge < -0.3 is 15.1 Å². The van der Waals surface area contributed by atoms with Gasteiger partial charge in [-0.05, 0) is 31.0 Å². The van der Waals surface area contributed by atoms with Crippen LogP contribution in [0.2, 0.25) is 10.0 Å². The zero-order valence-electron chi connectivity index (χ0n) is 13.2. The normalized spacial score (nSPS) is 19.7. The molecule has 6 heteroatoms. The molecule has 0 aromatic heterocycles. The van der Waals surface area contributed by atoms with Gasteiger partial charge in [0.15, 0.2) is 0 Å². The Morgan fingerprint density at radius 3 is 2.43 bits per heavy atom. The fraction of sp³-hybridized carbons (Fsp3) is 0.588. The number of urea groups is 1. The van der Waals surface area contributed by atoms with Crippen molar-refractivity contribution in [2.24, 2.45) is 0 Å². The topological polar surface area (TPSA) is 35.6 Å². The molecule has 23 heavy (non-hydrogen) atoms. The average Bonchev–Trinajstić information content (AvgIpc) is 2.58. The number of piperazine rings is 1. The summed E-state index contributed by atoms with van der Waals surface area (Å²) in [6, 6.07) is 5.94. The average molecular weight is 356 g/mol. The van der Waals surface area contributed by atoms with Gasteiger partial charge in [0.25, 0.3) is 0 Å². The first-order valence-electron chi connectivity index (χ1n) is 8.39. The van der Waals surface area contributed by atoms with Gasteiger partial charge in [0.1, 0.15) is 0 Å².